The number of hydrogen-bond acceptors (Lipinski definition) is 3. The van der Waals surface area contributed by atoms with E-state index in [-0.39, 0.29) is 0 Å². The lowest BCUT2D eigenvalue weighted by Crippen LogP contribution is -2.28. The number of rotatable bonds is 1. The topological polar surface area (TPSA) is 83.5 Å². The normalized spacial score (nSPS) is 11.2. The van der Waals surface area contributed by atoms with Crippen molar-refractivity contribution in [3.05, 3.63) is 48.2 Å². The molecule has 0 radical (unpaired) electrons. The molecule has 102 valence electrons. The highest BCUT2D eigenvalue weighted by Gasteiger charge is 2.14. The van der Waals surface area contributed by atoms with Crippen LogP contribution in [0.1, 0.15) is 5.56 Å². The fraction of sp³-hybridized carbons (Fsp3) is 0.154. The number of fused-ring (bicyclic) bond motifs is 1. The maximum absolute atomic E-state index is 11.8. The van der Waals surface area contributed by atoms with Gasteiger partial charge in [-0.05, 0) is 35.1 Å². The Labute approximate surface area is 127 Å². The van der Waals surface area contributed by atoms with E-state index in [9.17, 15) is 9.59 Å². The van der Waals surface area contributed by atoms with Gasteiger partial charge in [-0.25, -0.2) is 9.78 Å². The summed E-state index contributed by atoms with van der Waals surface area (Å²) in [6.07, 6.45) is 0. The second kappa shape index (κ2) is 4.58. The van der Waals surface area contributed by atoms with Gasteiger partial charge in [-0.3, -0.25) is 14.3 Å². The van der Waals surface area contributed by atoms with E-state index in [1.165, 1.54) is 4.57 Å². The molecule has 6 nitrogen and oxygen atoms in total. The fourth-order valence-corrected chi connectivity index (χ4v) is 2.68. The van der Waals surface area contributed by atoms with Gasteiger partial charge < -0.3 is 4.98 Å². The van der Waals surface area contributed by atoms with Crippen LogP contribution in [0.3, 0.4) is 0 Å². The molecule has 7 heteroatoms. The number of aromatic nitrogens is 4. The summed E-state index contributed by atoms with van der Waals surface area (Å²) in [7, 11) is 1.58. The Hall–Kier alpha value is -1.90. The summed E-state index contributed by atoms with van der Waals surface area (Å²) in [6, 6.07) is 5.87. The van der Waals surface area contributed by atoms with E-state index in [2.05, 4.69) is 37.5 Å². The van der Waals surface area contributed by atoms with Gasteiger partial charge in [0.05, 0.1) is 0 Å². The minimum atomic E-state index is -0.473. The van der Waals surface area contributed by atoms with Crippen molar-refractivity contribution in [1.82, 2.24) is 19.5 Å². The predicted octanol–water partition coefficient (Wildman–Crippen LogP) is 1.53. The molecule has 0 aliphatic rings. The van der Waals surface area contributed by atoms with E-state index >= 15 is 0 Å². The number of halogens is 1. The van der Waals surface area contributed by atoms with Crippen molar-refractivity contribution in [3.8, 4) is 11.4 Å². The minimum absolute atomic E-state index is 0.305. The Bertz CT molecular complexity index is 936. The summed E-state index contributed by atoms with van der Waals surface area (Å²) in [5.41, 5.74) is 1.77. The van der Waals surface area contributed by atoms with Crippen LogP contribution in [-0.2, 0) is 7.05 Å². The molecule has 3 aromatic rings. The van der Waals surface area contributed by atoms with E-state index in [1.54, 1.807) is 7.05 Å². The highest BCUT2D eigenvalue weighted by Crippen LogP contribution is 2.26. The first-order valence-electron chi connectivity index (χ1n) is 5.93. The van der Waals surface area contributed by atoms with Crippen molar-refractivity contribution < 1.29 is 0 Å². The second-order valence-electron chi connectivity index (χ2n) is 4.54. The van der Waals surface area contributed by atoms with Gasteiger partial charge in [0.2, 0.25) is 0 Å². The molecule has 0 fully saturated rings. The van der Waals surface area contributed by atoms with Crippen molar-refractivity contribution in [2.24, 2.45) is 7.05 Å². The second-order valence-corrected chi connectivity index (χ2v) is 5.62. The molecule has 1 aromatic carbocycles. The van der Waals surface area contributed by atoms with Gasteiger partial charge in [0.15, 0.2) is 5.65 Å². The van der Waals surface area contributed by atoms with E-state index in [0.29, 0.717) is 17.0 Å². The number of imidazole rings is 1. The van der Waals surface area contributed by atoms with Gasteiger partial charge in [-0.1, -0.05) is 18.2 Å². The van der Waals surface area contributed by atoms with Gasteiger partial charge >= 0.3 is 5.69 Å². The molecular formula is C13H11IN4O2. The molecule has 0 spiro atoms. The Morgan fingerprint density at radius 1 is 1.25 bits per heavy atom. The van der Waals surface area contributed by atoms with Crippen molar-refractivity contribution >= 4 is 33.8 Å². The van der Waals surface area contributed by atoms with Crippen LogP contribution < -0.4 is 11.2 Å². The smallest absolute Gasteiger partial charge is 0.329 e. The highest BCUT2D eigenvalue weighted by atomic mass is 127. The maximum atomic E-state index is 11.8. The predicted molar refractivity (Wildman–Crippen MR) is 84.8 cm³/mol. The molecule has 0 amide bonds. The van der Waals surface area contributed by atoms with Crippen LogP contribution in [0.5, 0.6) is 0 Å². The van der Waals surface area contributed by atoms with Crippen molar-refractivity contribution in [2.75, 3.05) is 0 Å². The van der Waals surface area contributed by atoms with Crippen molar-refractivity contribution in [3.63, 3.8) is 0 Å². The largest absolute Gasteiger partial charge is 0.332 e. The molecule has 0 bridgehead atoms. The zero-order valence-corrected chi connectivity index (χ0v) is 13.0. The standard InChI is InChI=1S/C13H11IN4O2/c1-6-4-3-5-7(8(6)14)10-15-9-11(16-10)18(2)13(20)17-12(9)19/h3-5H,1-2H3,(H,15,16)(H,17,19,20). The van der Waals surface area contributed by atoms with E-state index < -0.39 is 11.2 Å². The van der Waals surface area contributed by atoms with Crippen LogP contribution in [0, 0.1) is 10.5 Å². The molecule has 0 aliphatic heterocycles. The SMILES string of the molecule is Cc1cccc(-c2nc3c([nH]2)c(=O)[nH]c(=O)n3C)c1I. The minimum Gasteiger partial charge on any atom is -0.332 e. The molecule has 2 N–H and O–H groups in total. The van der Waals surface area contributed by atoms with Crippen molar-refractivity contribution in [1.29, 1.82) is 0 Å². The lowest BCUT2D eigenvalue weighted by atomic mass is 10.1. The zero-order chi connectivity index (χ0) is 14.4. The molecule has 0 unspecified atom stereocenters. The van der Waals surface area contributed by atoms with Crippen molar-refractivity contribution in [2.45, 2.75) is 6.92 Å². The van der Waals surface area contributed by atoms with Gasteiger partial charge in [-0.15, -0.1) is 0 Å². The summed E-state index contributed by atoms with van der Waals surface area (Å²) < 4.78 is 2.38. The van der Waals surface area contributed by atoms with Crippen LogP contribution in [0.4, 0.5) is 0 Å². The van der Waals surface area contributed by atoms with Gasteiger partial charge in [-0.2, -0.15) is 0 Å². The number of nitrogens with one attached hydrogen (secondary N) is 2. The van der Waals surface area contributed by atoms with Gasteiger partial charge in [0.1, 0.15) is 11.3 Å². The fourth-order valence-electron chi connectivity index (χ4n) is 2.06. The monoisotopic (exact) mass is 382 g/mol. The molecular weight excluding hydrogens is 371 g/mol. The molecule has 0 saturated carbocycles. The molecule has 2 heterocycles. The van der Waals surface area contributed by atoms with E-state index in [1.807, 2.05) is 25.1 Å². The average Bonchev–Trinajstić information content (AvgIpc) is 2.85. The Balaban J connectivity index is 2.37. The van der Waals surface area contributed by atoms with E-state index in [0.717, 1.165) is 14.7 Å². The van der Waals surface area contributed by atoms with E-state index in [4.69, 9.17) is 0 Å². The van der Waals surface area contributed by atoms with Crippen LogP contribution in [0.15, 0.2) is 27.8 Å². The van der Waals surface area contributed by atoms with Crippen LogP contribution >= 0.6 is 22.6 Å². The molecule has 0 atom stereocenters. The number of benzene rings is 1. The molecule has 0 saturated heterocycles. The zero-order valence-electron chi connectivity index (χ0n) is 10.8. The Kier molecular flexibility index (Phi) is 3.00. The quantitative estimate of drug-likeness (QED) is 0.627. The highest BCUT2D eigenvalue weighted by molar-refractivity contribution is 14.1. The molecule has 3 rings (SSSR count). The Morgan fingerprint density at radius 3 is 2.75 bits per heavy atom. The van der Waals surface area contributed by atoms with Gasteiger partial charge in [0.25, 0.3) is 5.56 Å². The number of hydrogen-bond donors (Lipinski definition) is 2. The first-order valence-corrected chi connectivity index (χ1v) is 7.01. The summed E-state index contributed by atoms with van der Waals surface area (Å²) >= 11 is 2.24. The first-order chi connectivity index (χ1) is 9.49. The van der Waals surface area contributed by atoms with Crippen LogP contribution in [0.2, 0.25) is 0 Å². The lowest BCUT2D eigenvalue weighted by molar-refractivity contribution is 0.832. The molecule has 2 aromatic heterocycles. The number of aromatic amines is 2. The van der Waals surface area contributed by atoms with Gasteiger partial charge in [0, 0.05) is 16.2 Å². The van der Waals surface area contributed by atoms with Crippen LogP contribution in [-0.4, -0.2) is 19.5 Å². The van der Waals surface area contributed by atoms with Crippen LogP contribution in [0.25, 0.3) is 22.6 Å². The summed E-state index contributed by atoms with van der Waals surface area (Å²) in [6.45, 7) is 2.01. The summed E-state index contributed by atoms with van der Waals surface area (Å²) in [5, 5.41) is 0. The lowest BCUT2D eigenvalue weighted by Gasteiger charge is -2.03. The Morgan fingerprint density at radius 2 is 2.00 bits per heavy atom. The third kappa shape index (κ3) is 1.89. The summed E-state index contributed by atoms with van der Waals surface area (Å²) in [4.78, 5) is 33.0. The number of H-pyrrole nitrogens is 2. The molecule has 0 aliphatic carbocycles. The number of nitrogens with zero attached hydrogens (tertiary/aromatic N) is 2. The molecule has 20 heavy (non-hydrogen) atoms. The third-order valence-electron chi connectivity index (χ3n) is 3.20. The first kappa shape index (κ1) is 13.1. The summed E-state index contributed by atoms with van der Waals surface area (Å²) in [5.74, 6) is 0.583. The average molecular weight is 382 g/mol. The number of aryl methyl sites for hydroxylation is 2. The maximum Gasteiger partial charge on any atom is 0.329 e. The third-order valence-corrected chi connectivity index (χ3v) is 4.63.